The van der Waals surface area contributed by atoms with Gasteiger partial charge in [-0.1, -0.05) is 44.5 Å². The fourth-order valence-electron chi connectivity index (χ4n) is 4.70. The molecule has 0 N–H and O–H groups in total. The number of pyridine rings is 1. The molecule has 0 radical (unpaired) electrons. The zero-order chi connectivity index (χ0) is 25.4. The van der Waals surface area contributed by atoms with E-state index in [1.54, 1.807) is 22.9 Å². The van der Waals surface area contributed by atoms with E-state index in [-0.39, 0.29) is 23.1 Å². The molecule has 0 atom stereocenters. The number of hydrogen-bond acceptors (Lipinski definition) is 5. The Bertz CT molecular complexity index is 1450. The highest BCUT2D eigenvalue weighted by Gasteiger charge is 2.29. The molecule has 2 aromatic carbocycles. The molecule has 0 aliphatic carbocycles. The lowest BCUT2D eigenvalue weighted by Gasteiger charge is -2.32. The number of carbonyl (C=O) groups excluding carboxylic acids is 1. The van der Waals surface area contributed by atoms with E-state index in [9.17, 15) is 9.59 Å². The Morgan fingerprint density at radius 3 is 2.47 bits per heavy atom. The molecule has 7 heteroatoms. The summed E-state index contributed by atoms with van der Waals surface area (Å²) in [7, 11) is 0. The second-order valence-electron chi connectivity index (χ2n) is 10.5. The van der Waals surface area contributed by atoms with Crippen molar-refractivity contribution in [2.45, 2.75) is 52.0 Å². The lowest BCUT2D eigenvalue weighted by Crippen LogP contribution is -2.40. The zero-order valence-corrected chi connectivity index (χ0v) is 21.2. The van der Waals surface area contributed by atoms with E-state index in [1.165, 1.54) is 0 Å². The maximum Gasteiger partial charge on any atom is 0.420 e. The molecule has 0 spiro atoms. The van der Waals surface area contributed by atoms with Gasteiger partial charge in [-0.15, -0.1) is 0 Å². The summed E-state index contributed by atoms with van der Waals surface area (Å²) >= 11 is 0. The highest BCUT2D eigenvalue weighted by atomic mass is 16.5. The molecule has 1 aliphatic rings. The van der Waals surface area contributed by atoms with Crippen molar-refractivity contribution in [1.82, 2.24) is 14.5 Å². The summed E-state index contributed by atoms with van der Waals surface area (Å²) < 4.78 is 13.3. The van der Waals surface area contributed by atoms with Crippen molar-refractivity contribution >= 4 is 17.0 Å². The van der Waals surface area contributed by atoms with Crippen LogP contribution in [0.4, 0.5) is 0 Å². The molecule has 0 bridgehead atoms. The lowest BCUT2D eigenvalue weighted by molar-refractivity contribution is 0.0690. The van der Waals surface area contributed by atoms with Gasteiger partial charge in [0.05, 0.1) is 5.52 Å². The third kappa shape index (κ3) is 4.65. The first kappa shape index (κ1) is 23.9. The molecule has 4 aromatic rings. The van der Waals surface area contributed by atoms with Gasteiger partial charge in [-0.25, -0.2) is 9.78 Å². The summed E-state index contributed by atoms with van der Waals surface area (Å²) in [6.45, 7) is 9.51. The number of benzene rings is 2. The van der Waals surface area contributed by atoms with E-state index in [4.69, 9.17) is 9.15 Å². The molecule has 36 heavy (non-hydrogen) atoms. The van der Waals surface area contributed by atoms with Crippen LogP contribution in [0, 0.1) is 6.92 Å². The first-order valence-corrected chi connectivity index (χ1v) is 12.3. The van der Waals surface area contributed by atoms with Crippen molar-refractivity contribution in [3.8, 4) is 11.6 Å². The van der Waals surface area contributed by atoms with Crippen LogP contribution in [0.25, 0.3) is 11.1 Å². The van der Waals surface area contributed by atoms with Crippen molar-refractivity contribution < 1.29 is 13.9 Å². The number of likely N-dealkylation sites (tertiary alicyclic amines) is 1. The van der Waals surface area contributed by atoms with Gasteiger partial charge in [0.1, 0.15) is 11.3 Å². The average Bonchev–Trinajstić information content (AvgIpc) is 3.20. The van der Waals surface area contributed by atoms with Crippen molar-refractivity contribution in [3.63, 3.8) is 0 Å². The Hall–Kier alpha value is -3.87. The maximum atomic E-state index is 13.4. The molecule has 1 saturated heterocycles. The number of rotatable bonds is 4. The molecule has 0 saturated carbocycles. The molecule has 5 rings (SSSR count). The number of amides is 1. The second-order valence-corrected chi connectivity index (χ2v) is 10.5. The summed E-state index contributed by atoms with van der Waals surface area (Å²) in [6.07, 6.45) is 2.94. The van der Waals surface area contributed by atoms with Crippen molar-refractivity contribution in [1.29, 1.82) is 0 Å². The van der Waals surface area contributed by atoms with Gasteiger partial charge in [-0.05, 0) is 67.1 Å². The zero-order valence-electron chi connectivity index (χ0n) is 21.2. The number of piperidine rings is 1. The normalized spacial score (nSPS) is 14.8. The molecular weight excluding hydrogens is 454 g/mol. The third-order valence-electron chi connectivity index (χ3n) is 6.83. The van der Waals surface area contributed by atoms with Crippen LogP contribution in [0.3, 0.4) is 0 Å². The Balaban J connectivity index is 1.34. The van der Waals surface area contributed by atoms with E-state index < -0.39 is 0 Å². The van der Waals surface area contributed by atoms with Crippen molar-refractivity contribution in [3.05, 3.63) is 88.0 Å². The summed E-state index contributed by atoms with van der Waals surface area (Å²) in [6, 6.07) is 17.0. The fraction of sp³-hybridized carbons (Fsp3) is 0.345. The van der Waals surface area contributed by atoms with Gasteiger partial charge in [-0.2, -0.15) is 0 Å². The van der Waals surface area contributed by atoms with Crippen LogP contribution < -0.4 is 10.5 Å². The van der Waals surface area contributed by atoms with Crippen LogP contribution in [0.15, 0.2) is 70.0 Å². The van der Waals surface area contributed by atoms with Gasteiger partial charge in [0, 0.05) is 25.3 Å². The monoisotopic (exact) mass is 485 g/mol. The Morgan fingerprint density at radius 1 is 1.06 bits per heavy atom. The van der Waals surface area contributed by atoms with Crippen LogP contribution in [-0.2, 0) is 5.41 Å². The standard InChI is InChI=1S/C29H31N3O4/c1-19-7-10-22(11-8-19)35-26-23(6-5-15-30-26)27(33)31-16-13-21(14-17-31)32-24-18-20(29(2,3)4)9-12-25(24)36-28(32)34/h5-12,15,18,21H,13-14,16-17H2,1-4H3. The molecule has 1 fully saturated rings. The van der Waals surface area contributed by atoms with Gasteiger partial charge in [0.2, 0.25) is 5.88 Å². The number of aryl methyl sites for hydroxylation is 1. The maximum absolute atomic E-state index is 13.4. The molecule has 7 nitrogen and oxygen atoms in total. The predicted molar refractivity (Wildman–Crippen MR) is 139 cm³/mol. The van der Waals surface area contributed by atoms with E-state index in [1.807, 2.05) is 48.2 Å². The summed E-state index contributed by atoms with van der Waals surface area (Å²) in [5.41, 5.74) is 4.08. The topological polar surface area (TPSA) is 77.6 Å². The Kier molecular flexibility index (Phi) is 6.16. The summed E-state index contributed by atoms with van der Waals surface area (Å²) in [4.78, 5) is 32.3. The summed E-state index contributed by atoms with van der Waals surface area (Å²) in [5.74, 6) is 0.457. The highest BCUT2D eigenvalue weighted by Crippen LogP contribution is 2.31. The van der Waals surface area contributed by atoms with E-state index in [0.29, 0.717) is 48.7 Å². The van der Waals surface area contributed by atoms with Crippen molar-refractivity contribution in [2.24, 2.45) is 0 Å². The average molecular weight is 486 g/mol. The number of oxazole rings is 1. The van der Waals surface area contributed by atoms with Gasteiger partial charge in [-0.3, -0.25) is 9.36 Å². The SMILES string of the molecule is Cc1ccc(Oc2ncccc2C(=O)N2CCC(n3c(=O)oc4ccc(C(C)(C)C)cc43)CC2)cc1. The minimum atomic E-state index is -0.345. The molecule has 1 amide bonds. The van der Waals surface area contributed by atoms with Gasteiger partial charge in [0.15, 0.2) is 5.58 Å². The lowest BCUT2D eigenvalue weighted by atomic mass is 9.87. The van der Waals surface area contributed by atoms with Crippen LogP contribution in [-0.4, -0.2) is 33.4 Å². The van der Waals surface area contributed by atoms with Gasteiger partial charge in [0.25, 0.3) is 5.91 Å². The first-order chi connectivity index (χ1) is 17.2. The number of nitrogens with zero attached hydrogens (tertiary/aromatic N) is 3. The van der Waals surface area contributed by atoms with Crippen LogP contribution in [0.5, 0.6) is 11.6 Å². The van der Waals surface area contributed by atoms with E-state index in [0.717, 1.165) is 16.6 Å². The number of aromatic nitrogens is 2. The molecular formula is C29H31N3O4. The number of ether oxygens (including phenoxy) is 1. The van der Waals surface area contributed by atoms with Crippen LogP contribution >= 0.6 is 0 Å². The quantitative estimate of drug-likeness (QED) is 0.362. The van der Waals surface area contributed by atoms with Crippen molar-refractivity contribution in [2.75, 3.05) is 13.1 Å². The van der Waals surface area contributed by atoms with E-state index >= 15 is 0 Å². The predicted octanol–water partition coefficient (Wildman–Crippen LogP) is 5.87. The molecule has 1 aliphatic heterocycles. The molecule has 2 aromatic heterocycles. The van der Waals surface area contributed by atoms with Crippen LogP contribution in [0.1, 0.15) is 61.1 Å². The van der Waals surface area contributed by atoms with Gasteiger partial charge < -0.3 is 14.1 Å². The molecule has 0 unspecified atom stereocenters. The van der Waals surface area contributed by atoms with E-state index in [2.05, 4.69) is 31.8 Å². The smallest absolute Gasteiger partial charge is 0.420 e. The minimum absolute atomic E-state index is 0.0322. The largest absolute Gasteiger partial charge is 0.438 e. The Morgan fingerprint density at radius 2 is 1.78 bits per heavy atom. The number of hydrogen-bond donors (Lipinski definition) is 0. The molecule has 186 valence electrons. The van der Waals surface area contributed by atoms with Gasteiger partial charge >= 0.3 is 5.76 Å². The number of carbonyl (C=O) groups is 1. The molecule has 3 heterocycles. The Labute approximate surface area is 210 Å². The highest BCUT2D eigenvalue weighted by molar-refractivity contribution is 5.96. The first-order valence-electron chi connectivity index (χ1n) is 12.3. The second kappa shape index (κ2) is 9.30. The van der Waals surface area contributed by atoms with Crippen LogP contribution in [0.2, 0.25) is 0 Å². The third-order valence-corrected chi connectivity index (χ3v) is 6.83. The minimum Gasteiger partial charge on any atom is -0.438 e. The fourth-order valence-corrected chi connectivity index (χ4v) is 4.70. The number of fused-ring (bicyclic) bond motifs is 1. The summed E-state index contributed by atoms with van der Waals surface area (Å²) in [5, 5.41) is 0.